The fourth-order valence-electron chi connectivity index (χ4n) is 1.13. The molecule has 2 atom stereocenters. The van der Waals surface area contributed by atoms with Gasteiger partial charge in [-0.2, -0.15) is 8.42 Å². The van der Waals surface area contributed by atoms with E-state index in [0.29, 0.717) is 13.1 Å². The molecule has 2 unspecified atom stereocenters. The molecule has 0 aliphatic rings. The van der Waals surface area contributed by atoms with Gasteiger partial charge < -0.3 is 0 Å². The minimum atomic E-state index is -3.39. The molecule has 0 amide bonds. The van der Waals surface area contributed by atoms with Gasteiger partial charge in [-0.25, -0.2) is 9.44 Å². The van der Waals surface area contributed by atoms with E-state index < -0.39 is 10.2 Å². The van der Waals surface area contributed by atoms with Crippen LogP contribution in [0.3, 0.4) is 0 Å². The first-order valence-corrected chi connectivity index (χ1v) is 8.48. The van der Waals surface area contributed by atoms with E-state index in [1.165, 1.54) is 0 Å². The highest BCUT2D eigenvalue weighted by Gasteiger charge is 2.24. The average molecular weight is 292 g/mol. The summed E-state index contributed by atoms with van der Waals surface area (Å²) in [5.41, 5.74) is 0.197. The summed E-state index contributed by atoms with van der Waals surface area (Å²) in [6, 6.07) is 0. The van der Waals surface area contributed by atoms with E-state index in [4.69, 9.17) is 0 Å². The Bertz CT molecular complexity index is 334. The average Bonchev–Trinajstić information content (AvgIpc) is 2.20. The van der Waals surface area contributed by atoms with Gasteiger partial charge >= 0.3 is 0 Å². The van der Waals surface area contributed by atoms with Crippen LogP contribution in [0.25, 0.3) is 0 Å². The number of hydrogen-bond acceptors (Lipinski definition) is 2. The Labute approximate surface area is 119 Å². The van der Waals surface area contributed by atoms with Gasteiger partial charge in [-0.3, -0.25) is 0 Å². The Morgan fingerprint density at radius 2 is 1.05 bits per heavy atom. The number of rotatable bonds is 6. The van der Waals surface area contributed by atoms with Crippen LogP contribution in [-0.2, 0) is 10.2 Å². The summed E-state index contributed by atoms with van der Waals surface area (Å²) in [6.45, 7) is 17.7. The summed E-state index contributed by atoms with van der Waals surface area (Å²) in [5.74, 6) is 0.563. The number of nitrogens with one attached hydrogen (secondary N) is 2. The van der Waals surface area contributed by atoms with Gasteiger partial charge in [-0.05, 0) is 22.7 Å². The molecule has 0 aromatic heterocycles. The summed E-state index contributed by atoms with van der Waals surface area (Å²) >= 11 is 0. The molecule has 0 aromatic carbocycles. The van der Waals surface area contributed by atoms with Gasteiger partial charge in [0, 0.05) is 13.1 Å². The molecule has 5 heteroatoms. The fourth-order valence-corrected chi connectivity index (χ4v) is 2.17. The molecule has 0 aliphatic carbocycles. The molecule has 19 heavy (non-hydrogen) atoms. The predicted octanol–water partition coefficient (Wildman–Crippen LogP) is 2.77. The van der Waals surface area contributed by atoms with E-state index in [1.807, 2.05) is 0 Å². The normalized spacial score (nSPS) is 17.3. The van der Waals surface area contributed by atoms with Crippen molar-refractivity contribution in [3.05, 3.63) is 0 Å². The van der Waals surface area contributed by atoms with Crippen molar-refractivity contribution in [2.75, 3.05) is 13.1 Å². The van der Waals surface area contributed by atoms with Crippen LogP contribution in [0.4, 0.5) is 0 Å². The fraction of sp³-hybridized carbons (Fsp3) is 1.00. The van der Waals surface area contributed by atoms with Crippen molar-refractivity contribution in [3.63, 3.8) is 0 Å². The standard InChI is InChI=1S/C14H32N2O2S/c1-11(13(3,4)5)9-15-19(17,18)16-10-12(2)14(6,7)8/h11-12,15-16H,9-10H2,1-8H3. The highest BCUT2D eigenvalue weighted by atomic mass is 32.2. The van der Waals surface area contributed by atoms with Crippen molar-refractivity contribution in [2.24, 2.45) is 22.7 Å². The van der Waals surface area contributed by atoms with Gasteiger partial charge in [-0.15, -0.1) is 0 Å². The lowest BCUT2D eigenvalue weighted by Crippen LogP contribution is -2.43. The molecule has 0 saturated carbocycles. The quantitative estimate of drug-likeness (QED) is 0.791. The maximum atomic E-state index is 11.9. The first-order valence-electron chi connectivity index (χ1n) is 7.00. The molecule has 2 N–H and O–H groups in total. The van der Waals surface area contributed by atoms with Gasteiger partial charge in [0.1, 0.15) is 0 Å². The van der Waals surface area contributed by atoms with Crippen molar-refractivity contribution in [1.82, 2.24) is 9.44 Å². The van der Waals surface area contributed by atoms with Gasteiger partial charge in [0.25, 0.3) is 10.2 Å². The first kappa shape index (κ1) is 18.9. The zero-order chi connectivity index (χ0) is 15.5. The van der Waals surface area contributed by atoms with Crippen LogP contribution >= 0.6 is 0 Å². The van der Waals surface area contributed by atoms with Crippen molar-refractivity contribution >= 4 is 10.2 Å². The van der Waals surface area contributed by atoms with Crippen LogP contribution in [0, 0.1) is 22.7 Å². The largest absolute Gasteiger partial charge is 0.276 e. The van der Waals surface area contributed by atoms with Crippen LogP contribution in [0.5, 0.6) is 0 Å². The van der Waals surface area contributed by atoms with Gasteiger partial charge in [-0.1, -0.05) is 55.4 Å². The Morgan fingerprint density at radius 1 is 0.789 bits per heavy atom. The summed E-state index contributed by atoms with van der Waals surface area (Å²) in [4.78, 5) is 0. The van der Waals surface area contributed by atoms with Crippen molar-refractivity contribution in [3.8, 4) is 0 Å². The van der Waals surface area contributed by atoms with E-state index in [1.54, 1.807) is 0 Å². The van der Waals surface area contributed by atoms with E-state index >= 15 is 0 Å². The summed E-state index contributed by atoms with van der Waals surface area (Å²) in [6.07, 6.45) is 0. The van der Waals surface area contributed by atoms with E-state index in [0.717, 1.165) is 0 Å². The molecule has 0 fully saturated rings. The Morgan fingerprint density at radius 3 is 1.26 bits per heavy atom. The lowest BCUT2D eigenvalue weighted by atomic mass is 9.82. The van der Waals surface area contributed by atoms with E-state index in [-0.39, 0.29) is 22.7 Å². The van der Waals surface area contributed by atoms with E-state index in [9.17, 15) is 8.42 Å². The SMILES string of the molecule is CC(CNS(=O)(=O)NCC(C)C(C)(C)C)C(C)(C)C. The van der Waals surface area contributed by atoms with Crippen LogP contribution < -0.4 is 9.44 Å². The molecule has 0 radical (unpaired) electrons. The third-order valence-corrected chi connectivity index (χ3v) is 5.21. The molecule has 0 aromatic rings. The molecular weight excluding hydrogens is 260 g/mol. The van der Waals surface area contributed by atoms with Crippen molar-refractivity contribution in [2.45, 2.75) is 55.4 Å². The second kappa shape index (κ2) is 6.55. The molecule has 0 spiro atoms. The minimum Gasteiger partial charge on any atom is -0.202 e. The van der Waals surface area contributed by atoms with Gasteiger partial charge in [0.15, 0.2) is 0 Å². The topological polar surface area (TPSA) is 58.2 Å². The monoisotopic (exact) mass is 292 g/mol. The lowest BCUT2D eigenvalue weighted by molar-refractivity contribution is 0.258. The zero-order valence-electron chi connectivity index (χ0n) is 13.8. The highest BCUT2D eigenvalue weighted by Crippen LogP contribution is 2.25. The van der Waals surface area contributed by atoms with Crippen molar-refractivity contribution in [1.29, 1.82) is 0 Å². The van der Waals surface area contributed by atoms with Crippen molar-refractivity contribution < 1.29 is 8.42 Å². The second-order valence-corrected chi connectivity index (χ2v) is 9.32. The number of hydrogen-bond donors (Lipinski definition) is 2. The Kier molecular flexibility index (Phi) is 6.50. The van der Waals surface area contributed by atoms with Crippen LogP contribution in [-0.4, -0.2) is 21.5 Å². The van der Waals surface area contributed by atoms with Crippen LogP contribution in [0.2, 0.25) is 0 Å². The second-order valence-electron chi connectivity index (χ2n) is 7.73. The molecule has 0 bridgehead atoms. The third kappa shape index (κ3) is 7.90. The summed E-state index contributed by atoms with van der Waals surface area (Å²) in [5, 5.41) is 0. The third-order valence-electron chi connectivity index (χ3n) is 4.12. The first-order chi connectivity index (χ1) is 8.26. The van der Waals surface area contributed by atoms with Gasteiger partial charge in [0.05, 0.1) is 0 Å². The minimum absolute atomic E-state index is 0.0984. The molecular formula is C14H32N2O2S. The Hall–Kier alpha value is -0.130. The lowest BCUT2D eigenvalue weighted by Gasteiger charge is -2.29. The summed E-state index contributed by atoms with van der Waals surface area (Å²) in [7, 11) is -3.39. The molecule has 0 aliphatic heterocycles. The molecule has 0 saturated heterocycles. The van der Waals surface area contributed by atoms with Crippen LogP contribution in [0.15, 0.2) is 0 Å². The predicted molar refractivity (Wildman–Crippen MR) is 82.2 cm³/mol. The molecule has 116 valence electrons. The maximum Gasteiger partial charge on any atom is 0.276 e. The highest BCUT2D eigenvalue weighted by molar-refractivity contribution is 7.87. The molecule has 0 rings (SSSR count). The van der Waals surface area contributed by atoms with E-state index in [2.05, 4.69) is 64.8 Å². The smallest absolute Gasteiger partial charge is 0.202 e. The maximum absolute atomic E-state index is 11.9. The zero-order valence-corrected chi connectivity index (χ0v) is 14.6. The summed E-state index contributed by atoms with van der Waals surface area (Å²) < 4.78 is 29.0. The van der Waals surface area contributed by atoms with Crippen LogP contribution in [0.1, 0.15) is 55.4 Å². The molecule has 0 heterocycles. The van der Waals surface area contributed by atoms with Gasteiger partial charge in [0.2, 0.25) is 0 Å². The molecule has 4 nitrogen and oxygen atoms in total. The Balaban J connectivity index is 4.29.